The van der Waals surface area contributed by atoms with Crippen LogP contribution in [0, 0.1) is 0 Å². The van der Waals surface area contributed by atoms with Crippen LogP contribution >= 0.6 is 0 Å². The highest BCUT2D eigenvalue weighted by Gasteiger charge is 2.33. The van der Waals surface area contributed by atoms with Crippen molar-refractivity contribution in [3.8, 4) is 17.1 Å². The Labute approximate surface area is 172 Å². The van der Waals surface area contributed by atoms with Crippen molar-refractivity contribution < 1.29 is 9.90 Å². The number of hydrogen-bond donors (Lipinski definition) is 3. The molecular weight excluding hydrogens is 378 g/mol. The van der Waals surface area contributed by atoms with E-state index >= 15 is 0 Å². The van der Waals surface area contributed by atoms with Gasteiger partial charge in [0.05, 0.1) is 5.57 Å². The molecule has 148 valence electrons. The van der Waals surface area contributed by atoms with Gasteiger partial charge in [-0.05, 0) is 35.4 Å². The summed E-state index contributed by atoms with van der Waals surface area (Å²) in [6.07, 6.45) is 0. The number of allylic oxidation sites excluding steroid dienone is 1. The fourth-order valence-electron chi connectivity index (χ4n) is 3.97. The zero-order chi connectivity index (χ0) is 20.8. The second-order valence-corrected chi connectivity index (χ2v) is 7.25. The molecule has 3 aromatic carbocycles. The molecule has 1 amide bonds. The Kier molecular flexibility index (Phi) is 4.03. The quantitative estimate of drug-likeness (QED) is 0.490. The summed E-state index contributed by atoms with van der Waals surface area (Å²) < 4.78 is 1.68. The molecule has 5 rings (SSSR count). The number of carbonyl (C=O) groups excluding carboxylic acids is 1. The number of phenolic OH excluding ortho intramolecular Hbond substituents is 1. The Bertz CT molecular complexity index is 1320. The maximum Gasteiger partial charge on any atom is 0.248 e. The molecule has 4 aromatic rings. The third kappa shape index (κ3) is 2.79. The van der Waals surface area contributed by atoms with E-state index in [1.807, 2.05) is 42.5 Å². The van der Waals surface area contributed by atoms with Gasteiger partial charge in [-0.25, -0.2) is 4.68 Å². The molecule has 4 N–H and O–H groups in total. The summed E-state index contributed by atoms with van der Waals surface area (Å²) >= 11 is 0. The molecule has 0 spiro atoms. The van der Waals surface area contributed by atoms with E-state index in [2.05, 4.69) is 5.32 Å². The number of fused-ring (bicyclic) bond motifs is 2. The number of hydrogen-bond acceptors (Lipinski definition) is 5. The molecule has 1 aliphatic rings. The predicted molar refractivity (Wildman–Crippen MR) is 115 cm³/mol. The average Bonchev–Trinajstić information content (AvgIpc) is 3.16. The zero-order valence-electron chi connectivity index (χ0n) is 16.2. The third-order valence-electron chi connectivity index (χ3n) is 5.36. The maximum atomic E-state index is 12.3. The van der Waals surface area contributed by atoms with Crippen molar-refractivity contribution in [2.45, 2.75) is 13.0 Å². The van der Waals surface area contributed by atoms with Gasteiger partial charge in [-0.2, -0.15) is 4.98 Å². The molecule has 0 saturated carbocycles. The average molecular weight is 397 g/mol. The minimum absolute atomic E-state index is 0.143. The summed E-state index contributed by atoms with van der Waals surface area (Å²) in [6.45, 7) is 1.79. The highest BCUT2D eigenvalue weighted by Crippen LogP contribution is 2.37. The first-order chi connectivity index (χ1) is 14.5. The number of phenols is 1. The molecule has 0 fully saturated rings. The van der Waals surface area contributed by atoms with E-state index in [4.69, 9.17) is 15.8 Å². The molecule has 7 heteroatoms. The molecule has 1 aromatic heterocycles. The first-order valence-electron chi connectivity index (χ1n) is 9.54. The van der Waals surface area contributed by atoms with Crippen LogP contribution in [0.15, 0.2) is 78.0 Å². The normalized spacial score (nSPS) is 15.7. The van der Waals surface area contributed by atoms with Gasteiger partial charge in [0, 0.05) is 11.3 Å². The molecule has 0 saturated heterocycles. The van der Waals surface area contributed by atoms with Gasteiger partial charge in [-0.15, -0.1) is 5.10 Å². The van der Waals surface area contributed by atoms with Gasteiger partial charge < -0.3 is 16.2 Å². The molecule has 0 aliphatic carbocycles. The lowest BCUT2D eigenvalue weighted by Gasteiger charge is -2.27. The van der Waals surface area contributed by atoms with Crippen LogP contribution in [0.5, 0.6) is 5.75 Å². The van der Waals surface area contributed by atoms with Crippen molar-refractivity contribution in [3.63, 3.8) is 0 Å². The van der Waals surface area contributed by atoms with Crippen LogP contribution in [0.1, 0.15) is 18.5 Å². The van der Waals surface area contributed by atoms with Crippen molar-refractivity contribution in [1.82, 2.24) is 14.8 Å². The number of nitrogens with one attached hydrogen (secondary N) is 1. The first kappa shape index (κ1) is 17.9. The number of rotatable bonds is 3. The first-order valence-corrected chi connectivity index (χ1v) is 9.54. The zero-order valence-corrected chi connectivity index (χ0v) is 16.2. The summed E-state index contributed by atoms with van der Waals surface area (Å²) in [5.41, 5.74) is 8.43. The Morgan fingerprint density at radius 2 is 1.80 bits per heavy atom. The Morgan fingerprint density at radius 1 is 1.07 bits per heavy atom. The van der Waals surface area contributed by atoms with Crippen LogP contribution in [-0.4, -0.2) is 25.8 Å². The van der Waals surface area contributed by atoms with Gasteiger partial charge in [0.15, 0.2) is 5.82 Å². The maximum absolute atomic E-state index is 12.3. The smallest absolute Gasteiger partial charge is 0.248 e. The number of aromatic nitrogens is 3. The van der Waals surface area contributed by atoms with E-state index in [1.165, 1.54) is 0 Å². The number of nitrogens with two attached hydrogens (primary N) is 1. The minimum atomic E-state index is -0.546. The number of benzene rings is 3. The van der Waals surface area contributed by atoms with Crippen molar-refractivity contribution in [2.24, 2.45) is 5.73 Å². The van der Waals surface area contributed by atoms with Gasteiger partial charge in [-0.1, -0.05) is 54.6 Å². The van der Waals surface area contributed by atoms with Crippen LogP contribution in [-0.2, 0) is 4.79 Å². The molecule has 1 atom stereocenters. The summed E-state index contributed by atoms with van der Waals surface area (Å²) in [4.78, 5) is 17.0. The lowest BCUT2D eigenvalue weighted by atomic mass is 9.95. The topological polar surface area (TPSA) is 106 Å². The van der Waals surface area contributed by atoms with Crippen molar-refractivity contribution in [2.75, 3.05) is 5.32 Å². The van der Waals surface area contributed by atoms with E-state index < -0.39 is 11.9 Å². The lowest BCUT2D eigenvalue weighted by Crippen LogP contribution is -2.31. The van der Waals surface area contributed by atoms with E-state index in [1.54, 1.807) is 35.9 Å². The van der Waals surface area contributed by atoms with Crippen LogP contribution in [0.4, 0.5) is 5.95 Å². The Morgan fingerprint density at radius 3 is 2.57 bits per heavy atom. The van der Waals surface area contributed by atoms with Gasteiger partial charge >= 0.3 is 0 Å². The highest BCUT2D eigenvalue weighted by atomic mass is 16.3. The summed E-state index contributed by atoms with van der Waals surface area (Å²) in [6, 6.07) is 20.2. The number of aromatic hydroxyl groups is 1. The van der Waals surface area contributed by atoms with Gasteiger partial charge in [0.1, 0.15) is 11.8 Å². The SMILES string of the molecule is CC1=C(C(N)=O)C(c2ccc(O)cc2)n2nc(-c3cccc4ccccc34)nc2N1. The number of anilines is 1. The van der Waals surface area contributed by atoms with Crippen LogP contribution in [0.2, 0.25) is 0 Å². The monoisotopic (exact) mass is 397 g/mol. The van der Waals surface area contributed by atoms with E-state index in [0.717, 1.165) is 21.9 Å². The van der Waals surface area contributed by atoms with Crippen LogP contribution in [0.3, 0.4) is 0 Å². The standard InChI is InChI=1S/C23H19N5O2/c1-13-19(21(24)30)20(15-9-11-16(29)12-10-15)28-23(25-13)26-22(27-28)18-8-4-6-14-5-2-3-7-17(14)18/h2-12,20,29H,1H3,(H2,24,30)(H,25,26,27). The number of primary amides is 1. The van der Waals surface area contributed by atoms with E-state index in [9.17, 15) is 9.90 Å². The highest BCUT2D eigenvalue weighted by molar-refractivity contribution is 5.96. The molecule has 1 unspecified atom stereocenters. The minimum Gasteiger partial charge on any atom is -0.508 e. The van der Waals surface area contributed by atoms with E-state index in [-0.39, 0.29) is 5.75 Å². The lowest BCUT2D eigenvalue weighted by molar-refractivity contribution is -0.115. The summed E-state index contributed by atoms with van der Waals surface area (Å²) in [7, 11) is 0. The number of nitrogens with zero attached hydrogens (tertiary/aromatic N) is 3. The van der Waals surface area contributed by atoms with Crippen molar-refractivity contribution in [1.29, 1.82) is 0 Å². The molecule has 0 bridgehead atoms. The third-order valence-corrected chi connectivity index (χ3v) is 5.36. The largest absolute Gasteiger partial charge is 0.508 e. The number of amides is 1. The van der Waals surface area contributed by atoms with E-state index in [0.29, 0.717) is 23.0 Å². The predicted octanol–water partition coefficient (Wildman–Crippen LogP) is 3.58. The second-order valence-electron chi connectivity index (χ2n) is 7.25. The summed E-state index contributed by atoms with van der Waals surface area (Å²) in [5, 5.41) is 19.7. The molecular formula is C23H19N5O2. The molecule has 2 heterocycles. The fourth-order valence-corrected chi connectivity index (χ4v) is 3.97. The van der Waals surface area contributed by atoms with Crippen molar-refractivity contribution >= 4 is 22.6 Å². The number of carbonyl (C=O) groups is 1. The van der Waals surface area contributed by atoms with Crippen LogP contribution < -0.4 is 11.1 Å². The fraction of sp³-hybridized carbons (Fsp3) is 0.0870. The van der Waals surface area contributed by atoms with Gasteiger partial charge in [0.25, 0.3) is 0 Å². The Balaban J connectivity index is 1.71. The van der Waals surface area contributed by atoms with Gasteiger partial charge in [0.2, 0.25) is 11.9 Å². The molecule has 0 radical (unpaired) electrons. The van der Waals surface area contributed by atoms with Crippen molar-refractivity contribution in [3.05, 3.63) is 83.6 Å². The Hall–Kier alpha value is -4.13. The van der Waals surface area contributed by atoms with Crippen LogP contribution in [0.25, 0.3) is 22.2 Å². The summed E-state index contributed by atoms with van der Waals surface area (Å²) in [5.74, 6) is 0.685. The molecule has 1 aliphatic heterocycles. The second kappa shape index (κ2) is 6.73. The molecule has 7 nitrogen and oxygen atoms in total. The molecule has 30 heavy (non-hydrogen) atoms. The van der Waals surface area contributed by atoms with Gasteiger partial charge in [-0.3, -0.25) is 4.79 Å².